The van der Waals surface area contributed by atoms with E-state index in [2.05, 4.69) is 22.8 Å². The van der Waals surface area contributed by atoms with Gasteiger partial charge in [-0.15, -0.1) is 0 Å². The highest BCUT2D eigenvalue weighted by molar-refractivity contribution is 5.82. The van der Waals surface area contributed by atoms with Gasteiger partial charge in [-0.05, 0) is 63.3 Å². The molecule has 39 heavy (non-hydrogen) atoms. The number of carbonyl (C=O) groups excluding carboxylic acids is 1. The minimum atomic E-state index is -4.40. The Morgan fingerprint density at radius 3 is 2.41 bits per heavy atom. The van der Waals surface area contributed by atoms with Crippen LogP contribution in [0.2, 0.25) is 0 Å². The number of fused-ring (bicyclic) bond motifs is 1. The second-order valence-electron chi connectivity index (χ2n) is 13.3. The molecule has 9 atom stereocenters. The lowest BCUT2D eigenvalue weighted by atomic mass is 9.64. The maximum absolute atomic E-state index is 14.3. The minimum absolute atomic E-state index is 0.0179. The fourth-order valence-corrected chi connectivity index (χ4v) is 8.67. The molecule has 2 aliphatic carbocycles. The lowest BCUT2D eigenvalue weighted by molar-refractivity contribution is -0.204. The van der Waals surface area contributed by atoms with Crippen molar-refractivity contribution < 1.29 is 31.5 Å². The van der Waals surface area contributed by atoms with Crippen molar-refractivity contribution in [2.75, 3.05) is 53.1 Å². The lowest BCUT2D eigenvalue weighted by Gasteiger charge is -2.52. The molecule has 12 heteroatoms. The Kier molecular flexibility index (Phi) is 7.65. The summed E-state index contributed by atoms with van der Waals surface area (Å²) in [6.45, 7) is 2.35. The third-order valence-corrected chi connectivity index (χ3v) is 10.9. The topological polar surface area (TPSA) is 60.1 Å². The Balaban J connectivity index is 1.14. The number of amides is 1. The van der Waals surface area contributed by atoms with Gasteiger partial charge in [0, 0.05) is 43.6 Å². The number of hydrogen-bond acceptors (Lipinski definition) is 6. The summed E-state index contributed by atoms with van der Waals surface area (Å²) in [5.41, 5.74) is 6.53. The zero-order valence-electron chi connectivity index (χ0n) is 22.6. The van der Waals surface area contributed by atoms with Gasteiger partial charge in [0.25, 0.3) is 0 Å². The van der Waals surface area contributed by atoms with Gasteiger partial charge < -0.3 is 9.64 Å². The largest absolute Gasteiger partial charge is 0.392 e. The first kappa shape index (κ1) is 28.1. The van der Waals surface area contributed by atoms with E-state index in [1.807, 2.05) is 0 Å². The van der Waals surface area contributed by atoms with E-state index in [0.717, 1.165) is 38.8 Å². The van der Waals surface area contributed by atoms with Crippen LogP contribution in [0, 0.1) is 35.0 Å². The SMILES string of the molecule is CN1CNNC1CC1(C2CCCC(N3CC4C(CC(CN5C[C@@H](F)[C@@H](F)C5)CC4C(F)(F)F)C3=O)C2)COC1. The Labute approximate surface area is 227 Å². The van der Waals surface area contributed by atoms with Crippen LogP contribution in [-0.4, -0.2) is 104 Å². The van der Waals surface area contributed by atoms with E-state index in [0.29, 0.717) is 25.6 Å². The molecule has 7 nitrogen and oxygen atoms in total. The fraction of sp³-hybridized carbons (Fsp3) is 0.963. The number of halogens is 5. The Bertz CT molecular complexity index is 896. The molecule has 0 aromatic carbocycles. The summed E-state index contributed by atoms with van der Waals surface area (Å²) in [4.78, 5) is 19.4. The summed E-state index contributed by atoms with van der Waals surface area (Å²) in [5, 5.41) is 0. The predicted molar refractivity (Wildman–Crippen MR) is 133 cm³/mol. The van der Waals surface area contributed by atoms with Crippen molar-refractivity contribution in [3.8, 4) is 0 Å². The molecule has 0 radical (unpaired) electrons. The number of hydrogen-bond donors (Lipinski definition) is 2. The van der Waals surface area contributed by atoms with Crippen LogP contribution in [0.25, 0.3) is 0 Å². The molecule has 1 amide bonds. The Morgan fingerprint density at radius 1 is 1.05 bits per heavy atom. The molecule has 4 aliphatic heterocycles. The van der Waals surface area contributed by atoms with Crippen molar-refractivity contribution in [2.45, 2.75) is 75.7 Å². The van der Waals surface area contributed by atoms with Gasteiger partial charge in [-0.1, -0.05) is 6.42 Å². The molecule has 0 spiro atoms. The molecule has 6 rings (SSSR count). The van der Waals surface area contributed by atoms with E-state index in [4.69, 9.17) is 4.74 Å². The van der Waals surface area contributed by atoms with Gasteiger partial charge >= 0.3 is 6.18 Å². The van der Waals surface area contributed by atoms with E-state index < -0.39 is 42.2 Å². The third-order valence-electron chi connectivity index (χ3n) is 10.9. The highest BCUT2D eigenvalue weighted by atomic mass is 19.4. The van der Waals surface area contributed by atoms with Gasteiger partial charge in [-0.25, -0.2) is 19.6 Å². The fourth-order valence-electron chi connectivity index (χ4n) is 8.67. The summed E-state index contributed by atoms with van der Waals surface area (Å²) in [6.07, 6.45) is -2.51. The first-order valence-electron chi connectivity index (χ1n) is 14.7. The summed E-state index contributed by atoms with van der Waals surface area (Å²) >= 11 is 0. The van der Waals surface area contributed by atoms with Crippen molar-refractivity contribution in [3.63, 3.8) is 0 Å². The van der Waals surface area contributed by atoms with Gasteiger partial charge in [0.05, 0.1) is 32.0 Å². The maximum Gasteiger partial charge on any atom is 0.392 e. The number of likely N-dealkylation sites (tertiary alicyclic amines) is 2. The van der Waals surface area contributed by atoms with Crippen LogP contribution < -0.4 is 10.9 Å². The number of hydrazine groups is 1. The number of nitrogens with one attached hydrogen (secondary N) is 2. The summed E-state index contributed by atoms with van der Waals surface area (Å²) in [6, 6.07) is -0.0442. The lowest BCUT2D eigenvalue weighted by Crippen LogP contribution is -2.56. The van der Waals surface area contributed by atoms with E-state index in [-0.39, 0.29) is 56.1 Å². The molecule has 7 unspecified atom stereocenters. The second kappa shape index (κ2) is 10.6. The smallest absolute Gasteiger partial charge is 0.380 e. The van der Waals surface area contributed by atoms with E-state index in [9.17, 15) is 26.7 Å². The van der Waals surface area contributed by atoms with Crippen molar-refractivity contribution >= 4 is 5.91 Å². The van der Waals surface area contributed by atoms with Crippen molar-refractivity contribution in [1.29, 1.82) is 0 Å². The quantitative estimate of drug-likeness (QED) is 0.485. The summed E-state index contributed by atoms with van der Waals surface area (Å²) in [5.74, 6) is -3.12. The van der Waals surface area contributed by atoms with Crippen molar-refractivity contribution in [3.05, 3.63) is 0 Å². The van der Waals surface area contributed by atoms with Crippen molar-refractivity contribution in [2.24, 2.45) is 35.0 Å². The molecule has 2 saturated carbocycles. The minimum Gasteiger partial charge on any atom is -0.380 e. The molecule has 0 aromatic heterocycles. The number of ether oxygens (including phenoxy) is 1. The molecule has 4 saturated heterocycles. The van der Waals surface area contributed by atoms with Gasteiger partial charge in [-0.3, -0.25) is 14.6 Å². The standard InChI is InChI=1S/C27H42F5N5O2/c1-35-15-33-34-24(35)8-26(13-39-14-26)17-3-2-4-18(7-17)37-10-20-19(25(37)38)5-16(6-21(20)27(30,31)32)9-36-11-22(28)23(29)12-36/h16-24,33-34H,2-15H2,1H3/t16?,17?,18?,19?,20?,21?,22-,23+,24?. The average Bonchev–Trinajstić information content (AvgIpc) is 3.52. The summed E-state index contributed by atoms with van der Waals surface area (Å²) < 4.78 is 76.0. The van der Waals surface area contributed by atoms with Crippen LogP contribution in [0.3, 0.4) is 0 Å². The predicted octanol–water partition coefficient (Wildman–Crippen LogP) is 2.93. The molecular formula is C27H42F5N5O2. The van der Waals surface area contributed by atoms with Crippen LogP contribution in [0.5, 0.6) is 0 Å². The average molecular weight is 564 g/mol. The van der Waals surface area contributed by atoms with Crippen molar-refractivity contribution in [1.82, 2.24) is 25.6 Å². The molecule has 0 aromatic rings. The third kappa shape index (κ3) is 5.33. The molecule has 4 heterocycles. The molecule has 222 valence electrons. The van der Waals surface area contributed by atoms with Gasteiger partial charge in [0.15, 0.2) is 0 Å². The normalized spacial score (nSPS) is 43.6. The van der Waals surface area contributed by atoms with Crippen LogP contribution in [0.4, 0.5) is 22.0 Å². The summed E-state index contributed by atoms with van der Waals surface area (Å²) in [7, 11) is 2.07. The molecule has 2 N–H and O–H groups in total. The molecule has 6 fully saturated rings. The van der Waals surface area contributed by atoms with E-state index in [1.54, 1.807) is 9.80 Å². The highest BCUT2D eigenvalue weighted by Crippen LogP contribution is 2.53. The van der Waals surface area contributed by atoms with E-state index in [1.165, 1.54) is 0 Å². The molecule has 0 bridgehead atoms. The molecule has 6 aliphatic rings. The number of nitrogens with zero attached hydrogens (tertiary/aromatic N) is 3. The van der Waals surface area contributed by atoms with Gasteiger partial charge in [0.1, 0.15) is 12.3 Å². The molecular weight excluding hydrogens is 521 g/mol. The zero-order chi connectivity index (χ0) is 27.5. The monoisotopic (exact) mass is 563 g/mol. The van der Waals surface area contributed by atoms with Crippen LogP contribution in [0.15, 0.2) is 0 Å². The van der Waals surface area contributed by atoms with Crippen LogP contribution in [-0.2, 0) is 9.53 Å². The van der Waals surface area contributed by atoms with Gasteiger partial charge in [-0.2, -0.15) is 13.2 Å². The highest BCUT2D eigenvalue weighted by Gasteiger charge is 2.58. The maximum atomic E-state index is 14.3. The number of carbonyl (C=O) groups is 1. The Hall–Kier alpha value is -1.08. The second-order valence-corrected chi connectivity index (χ2v) is 13.3. The zero-order valence-corrected chi connectivity index (χ0v) is 22.6. The van der Waals surface area contributed by atoms with Crippen LogP contribution in [0.1, 0.15) is 44.9 Å². The van der Waals surface area contributed by atoms with Crippen LogP contribution >= 0.6 is 0 Å². The number of rotatable bonds is 6. The number of alkyl halides is 5. The first-order valence-corrected chi connectivity index (χ1v) is 14.7. The van der Waals surface area contributed by atoms with E-state index >= 15 is 0 Å². The Morgan fingerprint density at radius 2 is 1.79 bits per heavy atom. The van der Waals surface area contributed by atoms with Gasteiger partial charge in [0.2, 0.25) is 5.91 Å². The first-order chi connectivity index (χ1) is 18.5.